The zero-order chi connectivity index (χ0) is 11.8. The van der Waals surface area contributed by atoms with Crippen molar-refractivity contribution in [3.63, 3.8) is 0 Å². The Hall–Kier alpha value is -1.26. The molecule has 1 rings (SSSR count). The molecule has 0 saturated carbocycles. The Morgan fingerprint density at radius 2 is 1.94 bits per heavy atom. The molecule has 2 N–H and O–H groups in total. The first-order valence-electron chi connectivity index (χ1n) is 5.39. The predicted octanol–water partition coefficient (Wildman–Crippen LogP) is 1.44. The number of ether oxygens (including phenoxy) is 3. The average Bonchev–Trinajstić information content (AvgIpc) is 2.31. The maximum absolute atomic E-state index is 5.71. The molecule has 90 valence electrons. The van der Waals surface area contributed by atoms with Crippen LogP contribution >= 0.6 is 0 Å². The number of methoxy groups -OCH3 is 1. The van der Waals surface area contributed by atoms with Gasteiger partial charge in [-0.15, -0.1) is 0 Å². The first-order valence-corrected chi connectivity index (χ1v) is 5.39. The second kappa shape index (κ2) is 7.09. The summed E-state index contributed by atoms with van der Waals surface area (Å²) in [4.78, 5) is 0. The van der Waals surface area contributed by atoms with Crippen LogP contribution in [0.1, 0.15) is 6.92 Å². The lowest BCUT2D eigenvalue weighted by Crippen LogP contribution is -2.31. The Kier molecular flexibility index (Phi) is 5.67. The van der Waals surface area contributed by atoms with Gasteiger partial charge in [0.2, 0.25) is 0 Å². The molecule has 0 aliphatic carbocycles. The summed E-state index contributed by atoms with van der Waals surface area (Å²) in [5, 5.41) is 0. The number of hydrogen-bond acceptors (Lipinski definition) is 4. The highest BCUT2D eigenvalue weighted by Crippen LogP contribution is 2.27. The van der Waals surface area contributed by atoms with Gasteiger partial charge in [-0.25, -0.2) is 0 Å². The maximum Gasteiger partial charge on any atom is 0.161 e. The van der Waals surface area contributed by atoms with Gasteiger partial charge in [-0.3, -0.25) is 0 Å². The minimum atomic E-state index is -0.147. The first-order chi connectivity index (χ1) is 7.81. The molecule has 0 radical (unpaired) electrons. The van der Waals surface area contributed by atoms with Crippen LogP contribution in [-0.2, 0) is 4.74 Å². The van der Waals surface area contributed by atoms with Crippen molar-refractivity contribution < 1.29 is 14.2 Å². The van der Waals surface area contributed by atoms with Crippen molar-refractivity contribution in [3.05, 3.63) is 24.3 Å². The molecule has 1 aromatic carbocycles. The van der Waals surface area contributed by atoms with Crippen LogP contribution in [-0.4, -0.2) is 33.0 Å². The van der Waals surface area contributed by atoms with Gasteiger partial charge < -0.3 is 19.9 Å². The zero-order valence-electron chi connectivity index (χ0n) is 9.81. The van der Waals surface area contributed by atoms with Crippen LogP contribution in [0.2, 0.25) is 0 Å². The van der Waals surface area contributed by atoms with E-state index in [4.69, 9.17) is 19.9 Å². The van der Waals surface area contributed by atoms with Gasteiger partial charge in [-0.1, -0.05) is 12.1 Å². The van der Waals surface area contributed by atoms with E-state index in [0.717, 1.165) is 5.75 Å². The highest BCUT2D eigenvalue weighted by Gasteiger charge is 2.11. The van der Waals surface area contributed by atoms with E-state index in [9.17, 15) is 0 Å². The molecule has 0 aromatic heterocycles. The lowest BCUT2D eigenvalue weighted by atomic mass is 10.3. The fourth-order valence-electron chi connectivity index (χ4n) is 1.34. The third kappa shape index (κ3) is 3.72. The topological polar surface area (TPSA) is 53.7 Å². The summed E-state index contributed by atoms with van der Waals surface area (Å²) in [5.74, 6) is 1.44. The van der Waals surface area contributed by atoms with Gasteiger partial charge in [0.25, 0.3) is 0 Å². The lowest BCUT2D eigenvalue weighted by Gasteiger charge is -2.18. The molecule has 0 spiro atoms. The Balaban J connectivity index is 2.70. The van der Waals surface area contributed by atoms with Crippen molar-refractivity contribution in [1.29, 1.82) is 0 Å². The van der Waals surface area contributed by atoms with E-state index >= 15 is 0 Å². The second-order valence-corrected chi connectivity index (χ2v) is 3.31. The first kappa shape index (κ1) is 12.8. The molecular formula is C12H19NO3. The highest BCUT2D eigenvalue weighted by atomic mass is 16.5. The van der Waals surface area contributed by atoms with Crippen LogP contribution < -0.4 is 15.2 Å². The predicted molar refractivity (Wildman–Crippen MR) is 63.0 cm³/mol. The lowest BCUT2D eigenvalue weighted by molar-refractivity contribution is 0.0835. The normalized spacial score (nSPS) is 12.2. The van der Waals surface area contributed by atoms with E-state index in [0.29, 0.717) is 25.5 Å². The average molecular weight is 225 g/mol. The van der Waals surface area contributed by atoms with Crippen LogP contribution in [0.25, 0.3) is 0 Å². The molecule has 0 fully saturated rings. The van der Waals surface area contributed by atoms with Gasteiger partial charge in [0.1, 0.15) is 6.10 Å². The van der Waals surface area contributed by atoms with Crippen molar-refractivity contribution >= 4 is 0 Å². The Morgan fingerprint density at radius 1 is 1.25 bits per heavy atom. The van der Waals surface area contributed by atoms with E-state index in [1.54, 1.807) is 7.11 Å². The summed E-state index contributed by atoms with van der Waals surface area (Å²) in [6, 6.07) is 7.55. The van der Waals surface area contributed by atoms with Crippen LogP contribution in [0.15, 0.2) is 24.3 Å². The monoisotopic (exact) mass is 225 g/mol. The van der Waals surface area contributed by atoms with Crippen molar-refractivity contribution in [2.24, 2.45) is 5.73 Å². The van der Waals surface area contributed by atoms with Crippen LogP contribution in [0.5, 0.6) is 11.5 Å². The molecule has 0 amide bonds. The van der Waals surface area contributed by atoms with Crippen LogP contribution in [0.3, 0.4) is 0 Å². The Morgan fingerprint density at radius 3 is 2.50 bits per heavy atom. The minimum Gasteiger partial charge on any atom is -0.490 e. The maximum atomic E-state index is 5.71. The zero-order valence-corrected chi connectivity index (χ0v) is 9.81. The van der Waals surface area contributed by atoms with Crippen LogP contribution in [0, 0.1) is 0 Å². The largest absolute Gasteiger partial charge is 0.490 e. The molecule has 0 aliphatic heterocycles. The molecule has 0 aliphatic rings. The third-order valence-corrected chi connectivity index (χ3v) is 2.06. The molecule has 1 unspecified atom stereocenters. The van der Waals surface area contributed by atoms with E-state index < -0.39 is 0 Å². The number of benzene rings is 1. The molecule has 1 atom stereocenters. The molecule has 0 saturated heterocycles. The summed E-state index contributed by atoms with van der Waals surface area (Å²) in [6.45, 7) is 3.43. The highest BCUT2D eigenvalue weighted by molar-refractivity contribution is 5.39. The fourth-order valence-corrected chi connectivity index (χ4v) is 1.34. The minimum absolute atomic E-state index is 0.147. The number of hydrogen-bond donors (Lipinski definition) is 1. The van der Waals surface area contributed by atoms with Crippen molar-refractivity contribution in [1.82, 2.24) is 0 Å². The quantitative estimate of drug-likeness (QED) is 0.763. The van der Waals surface area contributed by atoms with Gasteiger partial charge in [0.05, 0.1) is 13.2 Å². The molecule has 4 heteroatoms. The van der Waals surface area contributed by atoms with Gasteiger partial charge in [0, 0.05) is 13.7 Å². The standard InChI is InChI=1S/C12H19NO3/c1-3-15-11-6-4-5-7-12(11)16-10(8-13)9-14-2/h4-7,10H,3,8-9,13H2,1-2H3. The Bertz CT molecular complexity index is 304. The second-order valence-electron chi connectivity index (χ2n) is 3.31. The number of para-hydroxylation sites is 2. The van der Waals surface area contributed by atoms with Gasteiger partial charge in [-0.05, 0) is 19.1 Å². The van der Waals surface area contributed by atoms with E-state index in [-0.39, 0.29) is 6.10 Å². The molecule has 16 heavy (non-hydrogen) atoms. The summed E-state index contributed by atoms with van der Waals surface area (Å²) < 4.78 is 16.2. The number of nitrogens with two attached hydrogens (primary N) is 1. The van der Waals surface area contributed by atoms with Crippen LogP contribution in [0.4, 0.5) is 0 Å². The summed E-state index contributed by atoms with van der Waals surface area (Å²) in [7, 11) is 1.63. The Labute approximate surface area is 96.3 Å². The smallest absolute Gasteiger partial charge is 0.161 e. The van der Waals surface area contributed by atoms with Crippen molar-refractivity contribution in [2.75, 3.05) is 26.9 Å². The van der Waals surface area contributed by atoms with Gasteiger partial charge >= 0.3 is 0 Å². The SMILES string of the molecule is CCOc1ccccc1OC(CN)COC. The third-order valence-electron chi connectivity index (χ3n) is 2.06. The van der Waals surface area contributed by atoms with Crippen molar-refractivity contribution in [2.45, 2.75) is 13.0 Å². The molecule has 4 nitrogen and oxygen atoms in total. The van der Waals surface area contributed by atoms with Gasteiger partial charge in [0.15, 0.2) is 11.5 Å². The fraction of sp³-hybridized carbons (Fsp3) is 0.500. The number of rotatable bonds is 7. The van der Waals surface area contributed by atoms with E-state index in [1.807, 2.05) is 31.2 Å². The molecule has 0 heterocycles. The summed E-state index contributed by atoms with van der Waals surface area (Å²) >= 11 is 0. The van der Waals surface area contributed by atoms with Crippen molar-refractivity contribution in [3.8, 4) is 11.5 Å². The summed E-state index contributed by atoms with van der Waals surface area (Å²) in [5.41, 5.74) is 5.58. The molecule has 0 bridgehead atoms. The molecule has 1 aromatic rings. The van der Waals surface area contributed by atoms with Gasteiger partial charge in [-0.2, -0.15) is 0 Å². The van der Waals surface area contributed by atoms with E-state index in [1.165, 1.54) is 0 Å². The molecular weight excluding hydrogens is 206 g/mol. The van der Waals surface area contributed by atoms with E-state index in [2.05, 4.69) is 0 Å². The summed E-state index contributed by atoms with van der Waals surface area (Å²) in [6.07, 6.45) is -0.147.